The first-order valence-electron chi connectivity index (χ1n) is 6.27. The molecule has 0 aliphatic carbocycles. The SMILES string of the molecule is COc1c(O)cccc1/C=C1/SC(=S)N(CCC(=O)O)C1=O. The first-order chi connectivity index (χ1) is 10.4. The number of carboxylic acids is 1. The van der Waals surface area contributed by atoms with Crippen LogP contribution in [0.3, 0.4) is 0 Å². The molecule has 22 heavy (non-hydrogen) atoms. The molecule has 1 amide bonds. The summed E-state index contributed by atoms with van der Waals surface area (Å²) in [5.41, 5.74) is 0.543. The number of carbonyl (C=O) groups is 2. The van der Waals surface area contributed by atoms with Gasteiger partial charge in [-0.05, 0) is 12.1 Å². The Morgan fingerprint density at radius 1 is 1.50 bits per heavy atom. The Kier molecular flexibility index (Phi) is 5.04. The molecule has 1 aromatic carbocycles. The third-order valence-corrected chi connectivity index (χ3v) is 4.32. The van der Waals surface area contributed by atoms with Crippen molar-refractivity contribution >= 4 is 46.3 Å². The zero-order chi connectivity index (χ0) is 16.3. The molecule has 1 aliphatic rings. The smallest absolute Gasteiger partial charge is 0.305 e. The summed E-state index contributed by atoms with van der Waals surface area (Å²) in [7, 11) is 1.42. The van der Waals surface area contributed by atoms with Crippen LogP contribution < -0.4 is 4.74 Å². The Morgan fingerprint density at radius 2 is 2.23 bits per heavy atom. The molecular weight excluding hydrogens is 326 g/mol. The number of para-hydroxylation sites is 1. The van der Waals surface area contributed by atoms with Gasteiger partial charge in [0.05, 0.1) is 18.4 Å². The minimum absolute atomic E-state index is 0.0300. The van der Waals surface area contributed by atoms with Gasteiger partial charge in [0.1, 0.15) is 4.32 Å². The lowest BCUT2D eigenvalue weighted by Gasteiger charge is -2.12. The molecule has 2 rings (SSSR count). The van der Waals surface area contributed by atoms with Crippen molar-refractivity contribution < 1.29 is 24.5 Å². The van der Waals surface area contributed by atoms with Crippen LogP contribution >= 0.6 is 24.0 Å². The van der Waals surface area contributed by atoms with Crippen LogP contribution in [0.25, 0.3) is 6.08 Å². The highest BCUT2D eigenvalue weighted by Crippen LogP contribution is 2.36. The Morgan fingerprint density at radius 3 is 2.86 bits per heavy atom. The second kappa shape index (κ2) is 6.80. The number of nitrogens with zero attached hydrogens (tertiary/aromatic N) is 1. The number of carboxylic acid groups (broad SMARTS) is 1. The number of phenolic OH excluding ortho intramolecular Hbond substituents is 1. The van der Waals surface area contributed by atoms with Gasteiger partial charge in [0.15, 0.2) is 11.5 Å². The average Bonchev–Trinajstić information content (AvgIpc) is 2.71. The van der Waals surface area contributed by atoms with Crippen molar-refractivity contribution in [1.82, 2.24) is 4.90 Å². The third kappa shape index (κ3) is 3.40. The number of hydrogen-bond acceptors (Lipinski definition) is 6. The second-order valence-corrected chi connectivity index (χ2v) is 6.05. The zero-order valence-electron chi connectivity index (χ0n) is 11.6. The van der Waals surface area contributed by atoms with Gasteiger partial charge in [-0.2, -0.15) is 0 Å². The lowest BCUT2D eigenvalue weighted by Crippen LogP contribution is -2.30. The number of phenols is 1. The van der Waals surface area contributed by atoms with Crippen LogP contribution in [0.15, 0.2) is 23.1 Å². The van der Waals surface area contributed by atoms with E-state index in [1.807, 2.05) is 0 Å². The molecule has 0 saturated carbocycles. The molecule has 8 heteroatoms. The highest BCUT2D eigenvalue weighted by molar-refractivity contribution is 8.26. The van der Waals surface area contributed by atoms with Crippen molar-refractivity contribution in [2.24, 2.45) is 0 Å². The van der Waals surface area contributed by atoms with Gasteiger partial charge in [0.25, 0.3) is 5.91 Å². The summed E-state index contributed by atoms with van der Waals surface area (Å²) in [6.45, 7) is 0.0362. The molecule has 0 atom stereocenters. The Balaban J connectivity index is 2.27. The maximum Gasteiger partial charge on any atom is 0.305 e. The summed E-state index contributed by atoms with van der Waals surface area (Å²) < 4.78 is 5.43. The van der Waals surface area contributed by atoms with E-state index in [9.17, 15) is 14.7 Å². The number of aliphatic carboxylic acids is 1. The predicted octanol–water partition coefficient (Wildman–Crippen LogP) is 2.08. The zero-order valence-corrected chi connectivity index (χ0v) is 13.2. The van der Waals surface area contributed by atoms with Crippen molar-refractivity contribution in [3.63, 3.8) is 0 Å². The molecule has 0 spiro atoms. The van der Waals surface area contributed by atoms with E-state index in [1.54, 1.807) is 18.2 Å². The van der Waals surface area contributed by atoms with Crippen molar-refractivity contribution in [2.75, 3.05) is 13.7 Å². The molecule has 0 aromatic heterocycles. The fraction of sp³-hybridized carbons (Fsp3) is 0.214. The van der Waals surface area contributed by atoms with E-state index in [0.717, 1.165) is 11.8 Å². The maximum absolute atomic E-state index is 12.3. The molecule has 1 aliphatic heterocycles. The lowest BCUT2D eigenvalue weighted by molar-refractivity contribution is -0.137. The molecule has 0 radical (unpaired) electrons. The number of hydrogen-bond donors (Lipinski definition) is 2. The van der Waals surface area contributed by atoms with E-state index in [0.29, 0.717) is 14.8 Å². The van der Waals surface area contributed by atoms with Crippen LogP contribution in [-0.2, 0) is 9.59 Å². The number of rotatable bonds is 5. The monoisotopic (exact) mass is 339 g/mol. The van der Waals surface area contributed by atoms with Gasteiger partial charge in [0, 0.05) is 12.1 Å². The standard InChI is InChI=1S/C14H13NO5S2/c1-20-12-8(3-2-4-9(12)16)7-10-13(19)15(14(21)22-10)6-5-11(17)18/h2-4,7,16H,5-6H2,1H3,(H,17,18)/b10-7+. The third-order valence-electron chi connectivity index (χ3n) is 2.94. The van der Waals surface area contributed by atoms with Gasteiger partial charge in [-0.15, -0.1) is 0 Å². The maximum atomic E-state index is 12.3. The molecule has 2 N–H and O–H groups in total. The van der Waals surface area contributed by atoms with Crippen molar-refractivity contribution in [2.45, 2.75) is 6.42 Å². The summed E-state index contributed by atoms with van der Waals surface area (Å²) in [6, 6.07) is 4.81. The second-order valence-electron chi connectivity index (χ2n) is 4.38. The summed E-state index contributed by atoms with van der Waals surface area (Å²) >= 11 is 6.20. The number of benzene rings is 1. The fourth-order valence-corrected chi connectivity index (χ4v) is 3.22. The van der Waals surface area contributed by atoms with Crippen LogP contribution in [-0.4, -0.2) is 45.0 Å². The van der Waals surface area contributed by atoms with Gasteiger partial charge >= 0.3 is 5.97 Å². The van der Waals surface area contributed by atoms with E-state index < -0.39 is 5.97 Å². The lowest BCUT2D eigenvalue weighted by atomic mass is 10.1. The van der Waals surface area contributed by atoms with Crippen molar-refractivity contribution in [3.05, 3.63) is 28.7 Å². The summed E-state index contributed by atoms with van der Waals surface area (Å²) in [4.78, 5) is 24.5. The van der Waals surface area contributed by atoms with E-state index in [4.69, 9.17) is 22.1 Å². The molecule has 1 heterocycles. The number of thiocarbonyl (C=S) groups is 1. The number of thioether (sulfide) groups is 1. The van der Waals surface area contributed by atoms with Crippen LogP contribution in [0.4, 0.5) is 0 Å². The molecule has 1 saturated heterocycles. The molecule has 6 nitrogen and oxygen atoms in total. The van der Waals surface area contributed by atoms with Gasteiger partial charge in [-0.25, -0.2) is 0 Å². The number of amides is 1. The van der Waals surface area contributed by atoms with Gasteiger partial charge in [-0.3, -0.25) is 14.5 Å². The van der Waals surface area contributed by atoms with E-state index in [-0.39, 0.29) is 30.4 Å². The minimum atomic E-state index is -0.993. The van der Waals surface area contributed by atoms with Gasteiger partial charge < -0.3 is 14.9 Å². The molecule has 0 bridgehead atoms. The van der Waals surface area contributed by atoms with E-state index in [1.165, 1.54) is 18.1 Å². The molecule has 1 fully saturated rings. The fourth-order valence-electron chi connectivity index (χ4n) is 1.92. The van der Waals surface area contributed by atoms with Crippen molar-refractivity contribution in [1.29, 1.82) is 0 Å². The minimum Gasteiger partial charge on any atom is -0.504 e. The first kappa shape index (κ1) is 16.3. The Bertz CT molecular complexity index is 671. The van der Waals surface area contributed by atoms with Crippen LogP contribution in [0.2, 0.25) is 0 Å². The summed E-state index contributed by atoms with van der Waals surface area (Å²) in [6.07, 6.45) is 1.40. The summed E-state index contributed by atoms with van der Waals surface area (Å²) in [5, 5.41) is 18.4. The molecule has 116 valence electrons. The summed E-state index contributed by atoms with van der Waals surface area (Å²) in [5.74, 6) is -1.11. The number of ether oxygens (including phenoxy) is 1. The predicted molar refractivity (Wildman–Crippen MR) is 86.8 cm³/mol. The highest BCUT2D eigenvalue weighted by atomic mass is 32.2. The number of methoxy groups -OCH3 is 1. The average molecular weight is 339 g/mol. The van der Waals surface area contributed by atoms with Crippen LogP contribution in [0.5, 0.6) is 11.5 Å². The van der Waals surface area contributed by atoms with Crippen LogP contribution in [0.1, 0.15) is 12.0 Å². The van der Waals surface area contributed by atoms with Gasteiger partial charge in [-0.1, -0.05) is 36.1 Å². The number of aromatic hydroxyl groups is 1. The molecule has 0 unspecified atom stereocenters. The number of carbonyl (C=O) groups excluding carboxylic acids is 1. The van der Waals surface area contributed by atoms with Gasteiger partial charge in [0.2, 0.25) is 0 Å². The first-order valence-corrected chi connectivity index (χ1v) is 7.49. The topological polar surface area (TPSA) is 87.1 Å². The van der Waals surface area contributed by atoms with Crippen molar-refractivity contribution in [3.8, 4) is 11.5 Å². The van der Waals surface area contributed by atoms with E-state index in [2.05, 4.69) is 0 Å². The normalized spacial score (nSPS) is 16.4. The highest BCUT2D eigenvalue weighted by Gasteiger charge is 2.32. The molecular formula is C14H13NO5S2. The quantitative estimate of drug-likeness (QED) is 0.627. The largest absolute Gasteiger partial charge is 0.504 e. The molecule has 1 aromatic rings. The Hall–Kier alpha value is -2.06. The Labute approximate surface area is 136 Å². The van der Waals surface area contributed by atoms with Crippen LogP contribution in [0, 0.1) is 0 Å². The van der Waals surface area contributed by atoms with E-state index >= 15 is 0 Å².